The van der Waals surface area contributed by atoms with E-state index in [0.29, 0.717) is 11.4 Å². The molecule has 0 saturated carbocycles. The van der Waals surface area contributed by atoms with Gasteiger partial charge in [0, 0.05) is 11.4 Å². The molecule has 116 valence electrons. The topological polar surface area (TPSA) is 98.5 Å². The summed E-state index contributed by atoms with van der Waals surface area (Å²) < 4.78 is 29.4. The predicted octanol–water partition coefficient (Wildman–Crippen LogP) is 1.69. The Morgan fingerprint density at radius 3 is 2.05 bits per heavy atom. The number of anilines is 2. The fourth-order valence-corrected chi connectivity index (χ4v) is 3.04. The molecule has 0 aromatic heterocycles. The molecule has 0 saturated heterocycles. The molecule has 2 aromatic rings. The van der Waals surface area contributed by atoms with E-state index in [1.165, 1.54) is 31.4 Å². The molecule has 0 aliphatic carbocycles. The highest BCUT2D eigenvalue weighted by Crippen LogP contribution is 2.23. The van der Waals surface area contributed by atoms with Crippen molar-refractivity contribution in [1.29, 1.82) is 0 Å². The Hall–Kier alpha value is -2.54. The van der Waals surface area contributed by atoms with Crippen molar-refractivity contribution in [2.75, 3.05) is 24.7 Å². The van der Waals surface area contributed by atoms with Gasteiger partial charge in [-0.2, -0.15) is 0 Å². The van der Waals surface area contributed by atoms with E-state index in [1.807, 2.05) is 0 Å². The molecule has 2 aromatic carbocycles. The Morgan fingerprint density at radius 1 is 1.05 bits per heavy atom. The molecule has 0 heterocycles. The number of nitrogens with two attached hydrogens (primary N) is 1. The van der Waals surface area contributed by atoms with Gasteiger partial charge in [-0.25, -0.2) is 8.42 Å². The fourth-order valence-electron chi connectivity index (χ4n) is 1.78. The maximum absolute atomic E-state index is 12.4. The monoisotopic (exact) mass is 320 g/mol. The second kappa shape index (κ2) is 6.48. The highest BCUT2D eigenvalue weighted by Gasteiger charge is 2.17. The summed E-state index contributed by atoms with van der Waals surface area (Å²) in [4.78, 5) is 11.4. The van der Waals surface area contributed by atoms with E-state index in [4.69, 9.17) is 5.73 Å². The molecule has 0 spiro atoms. The summed E-state index contributed by atoms with van der Waals surface area (Å²) in [6, 6.07) is 12.2. The van der Waals surface area contributed by atoms with Crippen LogP contribution in [0.1, 0.15) is 0 Å². The first-order valence-corrected chi connectivity index (χ1v) is 7.93. The number of carbonyl (C=O) groups is 1. The van der Waals surface area contributed by atoms with Crippen molar-refractivity contribution < 1.29 is 17.9 Å². The maximum atomic E-state index is 12.4. The van der Waals surface area contributed by atoms with Crippen molar-refractivity contribution in [3.05, 3.63) is 48.5 Å². The summed E-state index contributed by atoms with van der Waals surface area (Å²) >= 11 is 0. The van der Waals surface area contributed by atoms with Crippen molar-refractivity contribution >= 4 is 27.2 Å². The van der Waals surface area contributed by atoms with Gasteiger partial charge >= 0.3 is 5.97 Å². The van der Waals surface area contributed by atoms with Crippen LogP contribution in [-0.2, 0) is 19.4 Å². The minimum absolute atomic E-state index is 0.0144. The Kier molecular flexibility index (Phi) is 4.67. The zero-order valence-corrected chi connectivity index (χ0v) is 12.8. The quantitative estimate of drug-likeness (QED) is 0.642. The van der Waals surface area contributed by atoms with Gasteiger partial charge < -0.3 is 15.8 Å². The van der Waals surface area contributed by atoms with Crippen LogP contribution in [0.3, 0.4) is 0 Å². The number of hydrogen-bond acceptors (Lipinski definition) is 6. The predicted molar refractivity (Wildman–Crippen MR) is 83.3 cm³/mol. The molecule has 0 aliphatic rings. The molecule has 7 heteroatoms. The summed E-state index contributed by atoms with van der Waals surface area (Å²) in [6.07, 6.45) is 0. The largest absolute Gasteiger partial charge is 0.468 e. The van der Waals surface area contributed by atoms with Crippen LogP contribution in [-0.4, -0.2) is 28.0 Å². The number of rotatable bonds is 5. The lowest BCUT2D eigenvalue weighted by molar-refractivity contribution is -0.138. The van der Waals surface area contributed by atoms with Crippen LogP contribution in [0.15, 0.2) is 58.3 Å². The van der Waals surface area contributed by atoms with Crippen LogP contribution in [0.4, 0.5) is 11.4 Å². The van der Waals surface area contributed by atoms with Crippen molar-refractivity contribution in [3.8, 4) is 0 Å². The van der Waals surface area contributed by atoms with Gasteiger partial charge in [-0.1, -0.05) is 0 Å². The fraction of sp³-hybridized carbons (Fsp3) is 0.133. The van der Waals surface area contributed by atoms with Gasteiger partial charge in [0.2, 0.25) is 9.84 Å². The third kappa shape index (κ3) is 3.56. The van der Waals surface area contributed by atoms with Gasteiger partial charge in [-0.05, 0) is 48.5 Å². The van der Waals surface area contributed by atoms with Gasteiger partial charge in [-0.15, -0.1) is 0 Å². The van der Waals surface area contributed by atoms with Gasteiger partial charge in [0.25, 0.3) is 0 Å². The van der Waals surface area contributed by atoms with Crippen LogP contribution in [0.5, 0.6) is 0 Å². The van der Waals surface area contributed by atoms with Crippen LogP contribution >= 0.6 is 0 Å². The Labute approximate surface area is 128 Å². The lowest BCUT2D eigenvalue weighted by Gasteiger charge is -2.08. The van der Waals surface area contributed by atoms with Crippen molar-refractivity contribution in [3.63, 3.8) is 0 Å². The lowest BCUT2D eigenvalue weighted by atomic mass is 10.3. The molecule has 0 unspecified atom stereocenters. The third-order valence-electron chi connectivity index (χ3n) is 3.02. The van der Waals surface area contributed by atoms with Gasteiger partial charge in [0.05, 0.1) is 16.9 Å². The molecule has 0 atom stereocenters. The van der Waals surface area contributed by atoms with E-state index in [9.17, 15) is 13.2 Å². The number of ether oxygens (including phenoxy) is 1. The molecule has 22 heavy (non-hydrogen) atoms. The second-order valence-electron chi connectivity index (χ2n) is 4.53. The number of benzene rings is 2. The molecule has 0 fully saturated rings. The summed E-state index contributed by atoms with van der Waals surface area (Å²) in [6.45, 7) is 0.0144. The molecule has 6 nitrogen and oxygen atoms in total. The number of esters is 1. The number of nitrogens with one attached hydrogen (secondary N) is 1. The van der Waals surface area contributed by atoms with Crippen molar-refractivity contribution in [2.24, 2.45) is 0 Å². The lowest BCUT2D eigenvalue weighted by Crippen LogP contribution is -2.14. The Morgan fingerprint density at radius 2 is 1.55 bits per heavy atom. The SMILES string of the molecule is COC(=O)CNc1ccc(S(=O)(=O)c2ccc(N)cc2)cc1. The molecular weight excluding hydrogens is 304 g/mol. The second-order valence-corrected chi connectivity index (χ2v) is 6.48. The number of carbonyl (C=O) groups excluding carboxylic acids is 1. The normalized spacial score (nSPS) is 11.0. The standard InChI is InChI=1S/C15H16N2O4S/c1-21-15(18)10-17-12-4-8-14(9-5-12)22(19,20)13-6-2-11(16)3-7-13/h2-9,17H,10,16H2,1H3. The van der Waals surface area contributed by atoms with E-state index >= 15 is 0 Å². The maximum Gasteiger partial charge on any atom is 0.325 e. The average Bonchev–Trinajstić information content (AvgIpc) is 2.53. The smallest absolute Gasteiger partial charge is 0.325 e. The number of sulfone groups is 1. The van der Waals surface area contributed by atoms with Crippen LogP contribution in [0.25, 0.3) is 0 Å². The Bertz CT molecular complexity index is 753. The van der Waals surface area contributed by atoms with Crippen LogP contribution in [0.2, 0.25) is 0 Å². The molecule has 0 radical (unpaired) electrons. The zero-order chi connectivity index (χ0) is 16.2. The van der Waals surface area contributed by atoms with E-state index in [2.05, 4.69) is 10.1 Å². The summed E-state index contributed by atoms with van der Waals surface area (Å²) in [5.74, 6) is -0.404. The molecule has 0 aliphatic heterocycles. The molecular formula is C15H16N2O4S. The number of methoxy groups -OCH3 is 1. The first-order valence-electron chi connectivity index (χ1n) is 6.45. The summed E-state index contributed by atoms with van der Waals surface area (Å²) in [5, 5.41) is 2.84. The van der Waals surface area contributed by atoms with Crippen LogP contribution < -0.4 is 11.1 Å². The minimum Gasteiger partial charge on any atom is -0.468 e. The van der Waals surface area contributed by atoms with E-state index in [0.717, 1.165) is 0 Å². The minimum atomic E-state index is -3.58. The van der Waals surface area contributed by atoms with Gasteiger partial charge in [-0.3, -0.25) is 4.79 Å². The molecule has 3 N–H and O–H groups in total. The van der Waals surface area contributed by atoms with Gasteiger partial charge in [0.1, 0.15) is 6.54 Å². The zero-order valence-electron chi connectivity index (χ0n) is 11.9. The van der Waals surface area contributed by atoms with Crippen LogP contribution in [0, 0.1) is 0 Å². The summed E-state index contributed by atoms with van der Waals surface area (Å²) in [7, 11) is -2.29. The molecule has 0 amide bonds. The highest BCUT2D eigenvalue weighted by molar-refractivity contribution is 7.91. The van der Waals surface area contributed by atoms with E-state index in [-0.39, 0.29) is 16.3 Å². The summed E-state index contributed by atoms with van der Waals surface area (Å²) in [5.41, 5.74) is 6.68. The van der Waals surface area contributed by atoms with Gasteiger partial charge in [0.15, 0.2) is 0 Å². The first kappa shape index (κ1) is 15.8. The first-order chi connectivity index (χ1) is 10.4. The molecule has 2 rings (SSSR count). The Balaban J connectivity index is 2.18. The van der Waals surface area contributed by atoms with Crippen molar-refractivity contribution in [1.82, 2.24) is 0 Å². The van der Waals surface area contributed by atoms with Crippen molar-refractivity contribution in [2.45, 2.75) is 9.79 Å². The molecule has 0 bridgehead atoms. The van der Waals surface area contributed by atoms with E-state index in [1.54, 1.807) is 24.3 Å². The third-order valence-corrected chi connectivity index (χ3v) is 4.81. The highest BCUT2D eigenvalue weighted by atomic mass is 32.2. The van der Waals surface area contributed by atoms with E-state index < -0.39 is 15.8 Å². The number of nitrogen functional groups attached to an aromatic ring is 1. The number of hydrogen-bond donors (Lipinski definition) is 2. The average molecular weight is 320 g/mol.